The smallest absolute Gasteiger partial charge is 0.258 e. The molecule has 0 atom stereocenters. The van der Waals surface area contributed by atoms with E-state index in [1.54, 1.807) is 32.8 Å². The van der Waals surface area contributed by atoms with E-state index in [0.717, 1.165) is 16.8 Å². The Morgan fingerprint density at radius 1 is 1.05 bits per heavy atom. The lowest BCUT2D eigenvalue weighted by molar-refractivity contribution is 0.397. The Hall–Kier alpha value is -2.63. The van der Waals surface area contributed by atoms with Crippen LogP contribution in [0.1, 0.15) is 5.56 Å². The molecular formula is C14H14N4O2. The predicted octanol–water partition coefficient (Wildman–Crippen LogP) is 2.12. The van der Waals surface area contributed by atoms with Crippen molar-refractivity contribution in [3.63, 3.8) is 0 Å². The molecule has 0 bridgehead atoms. The van der Waals surface area contributed by atoms with Crippen molar-refractivity contribution in [3.8, 4) is 23.0 Å². The average molecular weight is 270 g/mol. The summed E-state index contributed by atoms with van der Waals surface area (Å²) in [6.07, 6.45) is 7.10. The molecule has 0 aliphatic carbocycles. The molecule has 3 aromatic rings. The minimum Gasteiger partial charge on any atom is -0.481 e. The van der Waals surface area contributed by atoms with Crippen molar-refractivity contribution >= 4 is 5.65 Å². The number of aromatic nitrogens is 4. The average Bonchev–Trinajstić information content (AvgIpc) is 2.90. The van der Waals surface area contributed by atoms with Crippen LogP contribution in [0, 0.1) is 6.92 Å². The number of methoxy groups -OCH3 is 2. The first-order chi connectivity index (χ1) is 9.74. The van der Waals surface area contributed by atoms with Crippen LogP contribution in [0.5, 0.6) is 11.8 Å². The highest BCUT2D eigenvalue weighted by atomic mass is 16.5. The Kier molecular flexibility index (Phi) is 2.98. The van der Waals surface area contributed by atoms with Crippen molar-refractivity contribution in [2.75, 3.05) is 14.2 Å². The molecule has 20 heavy (non-hydrogen) atoms. The molecule has 0 saturated heterocycles. The van der Waals surface area contributed by atoms with Crippen LogP contribution < -0.4 is 9.47 Å². The van der Waals surface area contributed by atoms with Crippen molar-refractivity contribution in [1.82, 2.24) is 19.4 Å². The van der Waals surface area contributed by atoms with E-state index < -0.39 is 0 Å². The van der Waals surface area contributed by atoms with Gasteiger partial charge in [0.05, 0.1) is 26.1 Å². The molecule has 0 spiro atoms. The number of nitrogens with zero attached hydrogens (tertiary/aromatic N) is 4. The molecule has 3 aromatic heterocycles. The van der Waals surface area contributed by atoms with Gasteiger partial charge in [-0.15, -0.1) is 0 Å². The highest BCUT2D eigenvalue weighted by Gasteiger charge is 2.13. The van der Waals surface area contributed by atoms with Crippen LogP contribution in [0.25, 0.3) is 16.9 Å². The van der Waals surface area contributed by atoms with Crippen LogP contribution in [0.3, 0.4) is 0 Å². The van der Waals surface area contributed by atoms with Crippen LogP contribution in [-0.4, -0.2) is 33.6 Å². The van der Waals surface area contributed by atoms with Gasteiger partial charge in [0, 0.05) is 30.2 Å². The fraction of sp³-hybridized carbons (Fsp3) is 0.214. The van der Waals surface area contributed by atoms with Gasteiger partial charge < -0.3 is 9.47 Å². The Labute approximate surface area is 116 Å². The van der Waals surface area contributed by atoms with Gasteiger partial charge in [-0.25, -0.2) is 15.0 Å². The SMILES string of the molecule is COc1cc(C)c(-c2cnc3c(OC)nccn23)cn1. The van der Waals surface area contributed by atoms with Gasteiger partial charge in [0.25, 0.3) is 5.88 Å². The molecule has 102 valence electrons. The lowest BCUT2D eigenvalue weighted by Crippen LogP contribution is -1.96. The highest BCUT2D eigenvalue weighted by Crippen LogP contribution is 2.27. The van der Waals surface area contributed by atoms with Crippen LogP contribution in [0.4, 0.5) is 0 Å². The summed E-state index contributed by atoms with van der Waals surface area (Å²) in [6.45, 7) is 2.01. The first-order valence-corrected chi connectivity index (χ1v) is 6.11. The summed E-state index contributed by atoms with van der Waals surface area (Å²) in [5.74, 6) is 1.09. The zero-order valence-corrected chi connectivity index (χ0v) is 11.5. The summed E-state index contributed by atoms with van der Waals surface area (Å²) in [5.41, 5.74) is 3.68. The molecule has 0 unspecified atom stereocenters. The van der Waals surface area contributed by atoms with E-state index in [-0.39, 0.29) is 0 Å². The zero-order chi connectivity index (χ0) is 14.1. The maximum atomic E-state index is 5.21. The number of hydrogen-bond acceptors (Lipinski definition) is 5. The summed E-state index contributed by atoms with van der Waals surface area (Å²) >= 11 is 0. The van der Waals surface area contributed by atoms with Crippen molar-refractivity contribution in [2.24, 2.45) is 0 Å². The van der Waals surface area contributed by atoms with Gasteiger partial charge in [0.15, 0.2) is 0 Å². The third kappa shape index (κ3) is 1.85. The van der Waals surface area contributed by atoms with E-state index in [9.17, 15) is 0 Å². The van der Waals surface area contributed by atoms with Crippen molar-refractivity contribution < 1.29 is 9.47 Å². The molecular weight excluding hydrogens is 256 g/mol. The topological polar surface area (TPSA) is 61.5 Å². The summed E-state index contributed by atoms with van der Waals surface area (Å²) in [4.78, 5) is 12.8. The van der Waals surface area contributed by atoms with E-state index in [4.69, 9.17) is 9.47 Å². The van der Waals surface area contributed by atoms with E-state index in [2.05, 4.69) is 15.0 Å². The van der Waals surface area contributed by atoms with Gasteiger partial charge in [-0.3, -0.25) is 4.40 Å². The van der Waals surface area contributed by atoms with Crippen LogP contribution >= 0.6 is 0 Å². The van der Waals surface area contributed by atoms with Gasteiger partial charge in [-0.2, -0.15) is 0 Å². The van der Waals surface area contributed by atoms with Gasteiger partial charge >= 0.3 is 0 Å². The summed E-state index contributed by atoms with van der Waals surface area (Å²) in [7, 11) is 3.18. The molecule has 6 nitrogen and oxygen atoms in total. The first kappa shape index (κ1) is 12.4. The second-order valence-corrected chi connectivity index (χ2v) is 4.32. The Bertz CT molecular complexity index is 767. The standard InChI is InChI=1S/C14H14N4O2/c1-9-6-12(19-2)16-7-10(9)11-8-17-13-14(20-3)15-4-5-18(11)13/h4-8H,1-3H3. The molecule has 0 radical (unpaired) electrons. The minimum atomic E-state index is 0.498. The van der Waals surface area contributed by atoms with Crippen molar-refractivity contribution in [1.29, 1.82) is 0 Å². The summed E-state index contributed by atoms with van der Waals surface area (Å²) < 4.78 is 12.3. The van der Waals surface area contributed by atoms with Crippen molar-refractivity contribution in [3.05, 3.63) is 36.4 Å². The molecule has 0 aliphatic rings. The van der Waals surface area contributed by atoms with E-state index in [1.165, 1.54) is 0 Å². The normalized spacial score (nSPS) is 10.8. The Morgan fingerprint density at radius 2 is 1.90 bits per heavy atom. The number of aryl methyl sites for hydroxylation is 1. The van der Waals surface area contributed by atoms with Crippen molar-refractivity contribution in [2.45, 2.75) is 6.92 Å². The monoisotopic (exact) mass is 270 g/mol. The van der Waals surface area contributed by atoms with E-state index >= 15 is 0 Å². The third-order valence-electron chi connectivity index (χ3n) is 3.16. The maximum absolute atomic E-state index is 5.21. The fourth-order valence-corrected chi connectivity index (χ4v) is 2.15. The Balaban J connectivity index is 2.20. The molecule has 0 saturated carbocycles. The molecule has 0 aromatic carbocycles. The predicted molar refractivity (Wildman–Crippen MR) is 74.1 cm³/mol. The molecule has 0 N–H and O–H groups in total. The number of imidazole rings is 1. The highest BCUT2D eigenvalue weighted by molar-refractivity contribution is 5.68. The largest absolute Gasteiger partial charge is 0.481 e. The summed E-state index contributed by atoms with van der Waals surface area (Å²) in [5, 5.41) is 0. The third-order valence-corrected chi connectivity index (χ3v) is 3.16. The fourth-order valence-electron chi connectivity index (χ4n) is 2.15. The zero-order valence-electron chi connectivity index (χ0n) is 11.5. The first-order valence-electron chi connectivity index (χ1n) is 6.11. The van der Waals surface area contributed by atoms with E-state index in [1.807, 2.05) is 23.6 Å². The van der Waals surface area contributed by atoms with Crippen LogP contribution in [0.2, 0.25) is 0 Å². The Morgan fingerprint density at radius 3 is 2.60 bits per heavy atom. The second kappa shape index (κ2) is 4.80. The van der Waals surface area contributed by atoms with Gasteiger partial charge in [0.1, 0.15) is 0 Å². The number of rotatable bonds is 3. The number of ether oxygens (including phenoxy) is 2. The van der Waals surface area contributed by atoms with Gasteiger partial charge in [-0.05, 0) is 12.5 Å². The molecule has 0 amide bonds. The van der Waals surface area contributed by atoms with Gasteiger partial charge in [0.2, 0.25) is 11.5 Å². The summed E-state index contributed by atoms with van der Waals surface area (Å²) in [6, 6.07) is 1.90. The number of fused-ring (bicyclic) bond motifs is 1. The molecule has 3 heterocycles. The quantitative estimate of drug-likeness (QED) is 0.729. The molecule has 6 heteroatoms. The minimum absolute atomic E-state index is 0.498. The van der Waals surface area contributed by atoms with Crippen LogP contribution in [-0.2, 0) is 0 Å². The molecule has 0 aliphatic heterocycles. The molecule has 0 fully saturated rings. The second-order valence-electron chi connectivity index (χ2n) is 4.32. The molecule has 3 rings (SSSR count). The number of pyridine rings is 1. The maximum Gasteiger partial charge on any atom is 0.258 e. The van der Waals surface area contributed by atoms with Crippen LogP contribution in [0.15, 0.2) is 30.9 Å². The lowest BCUT2D eigenvalue weighted by atomic mass is 10.1. The van der Waals surface area contributed by atoms with Gasteiger partial charge in [-0.1, -0.05) is 0 Å². The van der Waals surface area contributed by atoms with E-state index in [0.29, 0.717) is 17.4 Å². The number of hydrogen-bond donors (Lipinski definition) is 0. The lowest BCUT2D eigenvalue weighted by Gasteiger charge is -2.07.